The average Bonchev–Trinajstić information content (AvgIpc) is 2.66. The van der Waals surface area contributed by atoms with Crippen LogP contribution in [0.1, 0.15) is 38.7 Å². The molecule has 7 nitrogen and oxygen atoms in total. The SMILES string of the molecule is CC(C)(C1CCN(C(=O)CCNS(C)(=O)=O)CC1)S(=O)(=O)c1cccc(C(F)(F)F)c1. The monoisotopic (exact) mass is 484 g/mol. The van der Waals surface area contributed by atoms with Gasteiger partial charge in [0.05, 0.1) is 21.5 Å². The second kappa shape index (κ2) is 9.07. The van der Waals surface area contributed by atoms with Crippen LogP contribution in [0.3, 0.4) is 0 Å². The molecule has 31 heavy (non-hydrogen) atoms. The van der Waals surface area contributed by atoms with Crippen LogP contribution in [0.15, 0.2) is 29.2 Å². The van der Waals surface area contributed by atoms with Crippen LogP contribution in [0.4, 0.5) is 13.2 Å². The van der Waals surface area contributed by atoms with Gasteiger partial charge in [0.2, 0.25) is 15.9 Å². The zero-order chi connectivity index (χ0) is 23.7. The van der Waals surface area contributed by atoms with Gasteiger partial charge in [0.25, 0.3) is 0 Å². The van der Waals surface area contributed by atoms with Crippen LogP contribution in [0, 0.1) is 5.92 Å². The van der Waals surface area contributed by atoms with Crippen molar-refractivity contribution in [3.05, 3.63) is 29.8 Å². The Kier molecular flexibility index (Phi) is 7.49. The fourth-order valence-electron chi connectivity index (χ4n) is 3.69. The van der Waals surface area contributed by atoms with Crippen molar-refractivity contribution in [1.29, 1.82) is 0 Å². The fraction of sp³-hybridized carbons (Fsp3) is 0.632. The smallest absolute Gasteiger partial charge is 0.343 e. The lowest BCUT2D eigenvalue weighted by Crippen LogP contribution is -2.48. The molecule has 0 spiro atoms. The van der Waals surface area contributed by atoms with Gasteiger partial charge in [-0.2, -0.15) is 13.2 Å². The number of nitrogens with one attached hydrogen (secondary N) is 1. The van der Waals surface area contributed by atoms with Gasteiger partial charge < -0.3 is 4.90 Å². The number of amides is 1. The van der Waals surface area contributed by atoms with E-state index in [2.05, 4.69) is 4.72 Å². The number of carbonyl (C=O) groups excluding carboxylic acids is 1. The summed E-state index contributed by atoms with van der Waals surface area (Å²) in [6, 6.07) is 3.73. The fourth-order valence-corrected chi connectivity index (χ4v) is 5.98. The molecule has 1 aliphatic heterocycles. The van der Waals surface area contributed by atoms with Crippen molar-refractivity contribution in [3.8, 4) is 0 Å². The normalized spacial score (nSPS) is 17.0. The highest BCUT2D eigenvalue weighted by Crippen LogP contribution is 2.39. The molecule has 176 valence electrons. The maximum Gasteiger partial charge on any atom is 0.416 e. The summed E-state index contributed by atoms with van der Waals surface area (Å²) in [5.74, 6) is -0.599. The van der Waals surface area contributed by atoms with Gasteiger partial charge in [0.15, 0.2) is 9.84 Å². The zero-order valence-corrected chi connectivity index (χ0v) is 19.2. The first-order chi connectivity index (χ1) is 14.1. The summed E-state index contributed by atoms with van der Waals surface area (Å²) in [6.45, 7) is 3.57. The summed E-state index contributed by atoms with van der Waals surface area (Å²) in [5.41, 5.74) is -1.02. The van der Waals surface area contributed by atoms with Gasteiger partial charge in [0.1, 0.15) is 0 Å². The van der Waals surface area contributed by atoms with Gasteiger partial charge in [-0.1, -0.05) is 6.07 Å². The molecule has 0 atom stereocenters. The minimum atomic E-state index is -4.65. The number of sulfonamides is 1. The van der Waals surface area contributed by atoms with Crippen LogP contribution in [0.2, 0.25) is 0 Å². The molecule has 0 radical (unpaired) electrons. The molecule has 1 saturated heterocycles. The lowest BCUT2D eigenvalue weighted by atomic mass is 9.86. The van der Waals surface area contributed by atoms with Gasteiger partial charge in [-0.25, -0.2) is 21.6 Å². The summed E-state index contributed by atoms with van der Waals surface area (Å²) in [5, 5.41) is 0. The van der Waals surface area contributed by atoms with E-state index in [9.17, 15) is 34.8 Å². The Balaban J connectivity index is 2.08. The maximum atomic E-state index is 13.2. The van der Waals surface area contributed by atoms with E-state index >= 15 is 0 Å². The van der Waals surface area contributed by atoms with Gasteiger partial charge in [-0.3, -0.25) is 4.79 Å². The number of benzene rings is 1. The molecule has 0 unspecified atom stereocenters. The third-order valence-electron chi connectivity index (χ3n) is 5.70. The number of likely N-dealkylation sites (tertiary alicyclic amines) is 1. The van der Waals surface area contributed by atoms with Crippen LogP contribution in [-0.2, 0) is 30.8 Å². The summed E-state index contributed by atoms with van der Waals surface area (Å²) in [7, 11) is -7.46. The second-order valence-electron chi connectivity index (χ2n) is 8.20. The summed E-state index contributed by atoms with van der Waals surface area (Å²) in [4.78, 5) is 13.4. The maximum absolute atomic E-state index is 13.2. The minimum Gasteiger partial charge on any atom is -0.343 e. The van der Waals surface area contributed by atoms with Crippen molar-refractivity contribution in [2.45, 2.75) is 48.9 Å². The Bertz CT molecular complexity index is 1010. The molecule has 1 fully saturated rings. The molecule has 1 amide bonds. The molecule has 0 bridgehead atoms. The molecule has 0 aliphatic carbocycles. The Labute approximate surface area is 181 Å². The Morgan fingerprint density at radius 3 is 2.23 bits per heavy atom. The van der Waals surface area contributed by atoms with Crippen molar-refractivity contribution >= 4 is 25.8 Å². The average molecular weight is 485 g/mol. The second-order valence-corrected chi connectivity index (χ2v) is 12.6. The number of carbonyl (C=O) groups is 1. The molecule has 12 heteroatoms. The predicted octanol–water partition coefficient (Wildman–Crippen LogP) is 2.44. The first-order valence-corrected chi connectivity index (χ1v) is 13.1. The van der Waals surface area contributed by atoms with Crippen molar-refractivity contribution < 1.29 is 34.8 Å². The zero-order valence-electron chi connectivity index (χ0n) is 17.6. The largest absolute Gasteiger partial charge is 0.416 e. The molecule has 1 N–H and O–H groups in total. The standard InChI is InChI=1S/C19H27F3N2O5S2/c1-18(2,31(28,29)16-6-4-5-15(13-16)19(20,21)22)14-8-11-24(12-9-14)17(25)7-10-23-30(3,26)27/h4-6,13-14,23H,7-12H2,1-3H3. The van der Waals surface area contributed by atoms with Crippen LogP contribution < -0.4 is 4.72 Å². The van der Waals surface area contributed by atoms with Crippen molar-refractivity contribution in [2.24, 2.45) is 5.92 Å². The highest BCUT2D eigenvalue weighted by molar-refractivity contribution is 7.92. The molecular weight excluding hydrogens is 457 g/mol. The minimum absolute atomic E-state index is 0.0103. The molecule has 2 rings (SSSR count). The van der Waals surface area contributed by atoms with Crippen LogP contribution in [-0.4, -0.2) is 58.3 Å². The third kappa shape index (κ3) is 6.19. The number of hydrogen-bond acceptors (Lipinski definition) is 5. The van der Waals surface area contributed by atoms with Gasteiger partial charge in [-0.15, -0.1) is 0 Å². The summed E-state index contributed by atoms with van der Waals surface area (Å²) < 4.78 is 88.4. The lowest BCUT2D eigenvalue weighted by molar-refractivity contribution is -0.137. The number of nitrogens with zero attached hydrogens (tertiary/aromatic N) is 1. The predicted molar refractivity (Wildman–Crippen MR) is 109 cm³/mol. The van der Waals surface area contributed by atoms with E-state index in [-0.39, 0.29) is 29.7 Å². The topological polar surface area (TPSA) is 101 Å². The van der Waals surface area contributed by atoms with Gasteiger partial charge in [-0.05, 0) is 50.8 Å². The third-order valence-corrected chi connectivity index (χ3v) is 9.02. The van der Waals surface area contributed by atoms with E-state index in [1.54, 1.807) is 4.90 Å². The van der Waals surface area contributed by atoms with Crippen molar-refractivity contribution in [3.63, 3.8) is 0 Å². The number of hydrogen-bond donors (Lipinski definition) is 1. The van der Waals surface area contributed by atoms with Crippen LogP contribution in [0.5, 0.6) is 0 Å². The molecule has 1 heterocycles. The first-order valence-electron chi connectivity index (χ1n) is 9.70. The number of piperidine rings is 1. The molecule has 1 aromatic carbocycles. The van der Waals surface area contributed by atoms with Crippen molar-refractivity contribution in [2.75, 3.05) is 25.9 Å². The highest BCUT2D eigenvalue weighted by Gasteiger charge is 2.44. The quantitative estimate of drug-likeness (QED) is 0.641. The molecule has 1 aliphatic rings. The van der Waals surface area contributed by atoms with E-state index in [0.29, 0.717) is 32.0 Å². The van der Waals surface area contributed by atoms with Gasteiger partial charge in [0, 0.05) is 26.1 Å². The number of sulfone groups is 1. The number of rotatable bonds is 7. The Morgan fingerprint density at radius 2 is 1.71 bits per heavy atom. The van der Waals surface area contributed by atoms with Crippen molar-refractivity contribution in [1.82, 2.24) is 9.62 Å². The van der Waals surface area contributed by atoms with Crippen LogP contribution in [0.25, 0.3) is 0 Å². The van der Waals surface area contributed by atoms with E-state index in [1.165, 1.54) is 19.9 Å². The molecule has 0 aromatic heterocycles. The molecular formula is C19H27F3N2O5S2. The van der Waals surface area contributed by atoms with E-state index in [0.717, 1.165) is 18.4 Å². The number of alkyl halides is 3. The van der Waals surface area contributed by atoms with Gasteiger partial charge >= 0.3 is 6.18 Å². The molecule has 0 saturated carbocycles. The Hall–Kier alpha value is -1.66. The lowest BCUT2D eigenvalue weighted by Gasteiger charge is -2.40. The van der Waals surface area contributed by atoms with E-state index in [1.807, 2.05) is 0 Å². The molecule has 1 aromatic rings. The summed E-state index contributed by atoms with van der Waals surface area (Å²) in [6.07, 6.45) is -2.92. The van der Waals surface area contributed by atoms with E-state index < -0.39 is 36.3 Å². The van der Waals surface area contributed by atoms with E-state index in [4.69, 9.17) is 0 Å². The highest BCUT2D eigenvalue weighted by atomic mass is 32.2. The summed E-state index contributed by atoms with van der Waals surface area (Å²) >= 11 is 0. The van der Waals surface area contributed by atoms with Crippen LogP contribution >= 0.6 is 0 Å². The number of halogens is 3. The Morgan fingerprint density at radius 1 is 1.13 bits per heavy atom. The first kappa shape index (κ1) is 25.6.